The van der Waals surface area contributed by atoms with Crippen LogP contribution in [0.4, 0.5) is 5.82 Å². The van der Waals surface area contributed by atoms with Gasteiger partial charge in [-0.15, -0.1) is 10.2 Å². The predicted octanol–water partition coefficient (Wildman–Crippen LogP) is 0.946. The summed E-state index contributed by atoms with van der Waals surface area (Å²) in [4.78, 5) is 10.1. The van der Waals surface area contributed by atoms with Crippen molar-refractivity contribution in [3.05, 3.63) is 34.1 Å². The number of hydrogen-bond acceptors (Lipinski definition) is 4. The van der Waals surface area contributed by atoms with Crippen LogP contribution in [0.1, 0.15) is 5.82 Å². The van der Waals surface area contributed by atoms with Crippen molar-refractivity contribution in [2.75, 3.05) is 0 Å². The van der Waals surface area contributed by atoms with Crippen molar-refractivity contribution in [3.8, 4) is 0 Å². The number of hydrogen-bond donors (Lipinski definition) is 0. The van der Waals surface area contributed by atoms with Gasteiger partial charge < -0.3 is 10.1 Å². The molecule has 6 nitrogen and oxygen atoms in total. The van der Waals surface area contributed by atoms with E-state index in [9.17, 15) is 10.1 Å². The smallest absolute Gasteiger partial charge is 0.330 e. The summed E-state index contributed by atoms with van der Waals surface area (Å²) in [5.74, 6) is 0.502. The van der Waals surface area contributed by atoms with E-state index in [0.29, 0.717) is 11.5 Å². The molecule has 0 spiro atoms. The summed E-state index contributed by atoms with van der Waals surface area (Å²) >= 11 is 0. The van der Waals surface area contributed by atoms with Gasteiger partial charge in [0.1, 0.15) is 0 Å². The number of nitrogens with zero attached hydrogens (tertiary/aromatic N) is 4. The fourth-order valence-electron chi connectivity index (χ4n) is 1.21. The molecule has 2 heterocycles. The lowest BCUT2D eigenvalue weighted by Gasteiger charge is -1.95. The molecule has 0 fully saturated rings. The maximum absolute atomic E-state index is 10.6. The van der Waals surface area contributed by atoms with Crippen molar-refractivity contribution < 1.29 is 4.92 Å². The van der Waals surface area contributed by atoms with Crippen molar-refractivity contribution in [1.82, 2.24) is 14.6 Å². The Balaban J connectivity index is 2.88. The molecule has 0 aliphatic carbocycles. The summed E-state index contributed by atoms with van der Waals surface area (Å²) in [5.41, 5.74) is 0.492. The van der Waals surface area contributed by atoms with Crippen molar-refractivity contribution in [1.29, 1.82) is 0 Å². The number of rotatable bonds is 1. The second kappa shape index (κ2) is 2.51. The van der Waals surface area contributed by atoms with E-state index in [0.717, 1.165) is 0 Å². The molecule has 2 aromatic heterocycles. The number of aryl methyl sites for hydroxylation is 1. The van der Waals surface area contributed by atoms with Gasteiger partial charge >= 0.3 is 5.82 Å². The Morgan fingerprint density at radius 1 is 1.46 bits per heavy atom. The van der Waals surface area contributed by atoms with E-state index in [1.54, 1.807) is 19.1 Å². The molecule has 13 heavy (non-hydrogen) atoms. The second-order valence-corrected chi connectivity index (χ2v) is 2.58. The van der Waals surface area contributed by atoms with Crippen LogP contribution < -0.4 is 0 Å². The van der Waals surface area contributed by atoms with Crippen LogP contribution in [0.3, 0.4) is 0 Å². The first kappa shape index (κ1) is 7.66. The van der Waals surface area contributed by atoms with Crippen LogP contribution in [-0.4, -0.2) is 19.5 Å². The Labute approximate surface area is 73.0 Å². The van der Waals surface area contributed by atoms with E-state index in [2.05, 4.69) is 10.2 Å². The molecule has 0 atom stereocenters. The predicted molar refractivity (Wildman–Crippen MR) is 44.4 cm³/mol. The summed E-state index contributed by atoms with van der Waals surface area (Å²) in [7, 11) is 0. The van der Waals surface area contributed by atoms with Gasteiger partial charge in [0, 0.05) is 19.1 Å². The standard InChI is InChI=1S/C7H6N4O2/c1-5-8-9-6-3-2-4-7(10(5)6)11(12)13/h2-4H,1H3. The van der Waals surface area contributed by atoms with Crippen molar-refractivity contribution in [2.24, 2.45) is 0 Å². The molecular formula is C7H6N4O2. The summed E-state index contributed by atoms with van der Waals surface area (Å²) in [5, 5.41) is 18.1. The molecule has 66 valence electrons. The number of fused-ring (bicyclic) bond motifs is 1. The Hall–Kier alpha value is -1.98. The molecular weight excluding hydrogens is 172 g/mol. The minimum Gasteiger partial charge on any atom is -0.358 e. The summed E-state index contributed by atoms with van der Waals surface area (Å²) in [6, 6.07) is 4.68. The van der Waals surface area contributed by atoms with Gasteiger partial charge in [0.2, 0.25) is 11.5 Å². The largest absolute Gasteiger partial charge is 0.358 e. The monoisotopic (exact) mass is 178 g/mol. The van der Waals surface area contributed by atoms with Gasteiger partial charge in [0.25, 0.3) is 0 Å². The molecule has 2 aromatic rings. The molecule has 0 saturated heterocycles. The number of aromatic nitrogens is 3. The first-order valence-electron chi connectivity index (χ1n) is 3.65. The van der Waals surface area contributed by atoms with Gasteiger partial charge in [-0.05, 0) is 11.0 Å². The lowest BCUT2D eigenvalue weighted by Crippen LogP contribution is -1.98. The Morgan fingerprint density at radius 3 is 2.92 bits per heavy atom. The van der Waals surface area contributed by atoms with Crippen LogP contribution >= 0.6 is 0 Å². The molecule has 0 unspecified atom stereocenters. The average molecular weight is 178 g/mol. The Bertz CT molecular complexity index is 476. The zero-order valence-corrected chi connectivity index (χ0v) is 6.84. The SMILES string of the molecule is Cc1nnc2cccc([N+](=O)[O-])n12. The summed E-state index contributed by atoms with van der Waals surface area (Å²) < 4.78 is 1.40. The van der Waals surface area contributed by atoms with Gasteiger partial charge in [0.15, 0.2) is 0 Å². The van der Waals surface area contributed by atoms with Crippen LogP contribution in [0.5, 0.6) is 0 Å². The molecule has 0 aliphatic rings. The van der Waals surface area contributed by atoms with Crippen LogP contribution in [0.2, 0.25) is 0 Å². The zero-order chi connectivity index (χ0) is 9.42. The first-order valence-corrected chi connectivity index (χ1v) is 3.65. The molecule has 0 saturated carbocycles. The molecule has 2 rings (SSSR count). The topological polar surface area (TPSA) is 73.3 Å². The van der Waals surface area contributed by atoms with E-state index in [-0.39, 0.29) is 5.82 Å². The quantitative estimate of drug-likeness (QED) is 0.481. The van der Waals surface area contributed by atoms with Crippen molar-refractivity contribution in [3.63, 3.8) is 0 Å². The molecule has 0 bridgehead atoms. The third-order valence-electron chi connectivity index (χ3n) is 1.76. The number of nitro groups is 1. The van der Waals surface area contributed by atoms with Crippen LogP contribution in [0.15, 0.2) is 18.2 Å². The molecule has 6 heteroatoms. The number of pyridine rings is 1. The van der Waals surface area contributed by atoms with Crippen molar-refractivity contribution >= 4 is 11.5 Å². The third kappa shape index (κ3) is 1.03. The van der Waals surface area contributed by atoms with Gasteiger partial charge in [0.05, 0.1) is 0 Å². The summed E-state index contributed by atoms with van der Waals surface area (Å²) in [6.45, 7) is 1.67. The van der Waals surface area contributed by atoms with E-state index >= 15 is 0 Å². The fraction of sp³-hybridized carbons (Fsp3) is 0.143. The van der Waals surface area contributed by atoms with Crippen LogP contribution in [0, 0.1) is 17.0 Å². The van der Waals surface area contributed by atoms with Gasteiger partial charge in [-0.3, -0.25) is 0 Å². The van der Waals surface area contributed by atoms with Gasteiger partial charge in [-0.25, -0.2) is 0 Å². The van der Waals surface area contributed by atoms with E-state index in [4.69, 9.17) is 0 Å². The van der Waals surface area contributed by atoms with Crippen molar-refractivity contribution in [2.45, 2.75) is 6.92 Å². The Kier molecular flexibility index (Phi) is 1.48. The molecule has 0 radical (unpaired) electrons. The van der Waals surface area contributed by atoms with E-state index in [1.807, 2.05) is 0 Å². The molecule has 0 aromatic carbocycles. The highest BCUT2D eigenvalue weighted by molar-refractivity contribution is 5.44. The zero-order valence-electron chi connectivity index (χ0n) is 6.84. The fourth-order valence-corrected chi connectivity index (χ4v) is 1.21. The summed E-state index contributed by atoms with van der Waals surface area (Å²) in [6.07, 6.45) is 0. The highest BCUT2D eigenvalue weighted by Gasteiger charge is 2.14. The van der Waals surface area contributed by atoms with Crippen LogP contribution in [-0.2, 0) is 0 Å². The maximum atomic E-state index is 10.6. The normalized spacial score (nSPS) is 10.5. The lowest BCUT2D eigenvalue weighted by molar-refractivity contribution is -0.390. The van der Waals surface area contributed by atoms with E-state index < -0.39 is 4.92 Å². The highest BCUT2D eigenvalue weighted by atomic mass is 16.6. The van der Waals surface area contributed by atoms with Gasteiger partial charge in [-0.1, -0.05) is 0 Å². The highest BCUT2D eigenvalue weighted by Crippen LogP contribution is 2.14. The van der Waals surface area contributed by atoms with E-state index in [1.165, 1.54) is 10.5 Å². The second-order valence-electron chi connectivity index (χ2n) is 2.58. The average Bonchev–Trinajstić information content (AvgIpc) is 2.48. The molecule has 0 N–H and O–H groups in total. The first-order chi connectivity index (χ1) is 6.20. The Morgan fingerprint density at radius 2 is 2.23 bits per heavy atom. The molecule has 0 amide bonds. The molecule has 0 aliphatic heterocycles. The minimum absolute atomic E-state index is 0.0139. The lowest BCUT2D eigenvalue weighted by atomic mass is 10.4. The third-order valence-corrected chi connectivity index (χ3v) is 1.76. The van der Waals surface area contributed by atoms with Crippen LogP contribution in [0.25, 0.3) is 5.65 Å². The minimum atomic E-state index is -0.455. The maximum Gasteiger partial charge on any atom is 0.330 e. The van der Waals surface area contributed by atoms with Gasteiger partial charge in [-0.2, -0.15) is 4.40 Å².